The molecule has 2 heterocycles. The van der Waals surface area contributed by atoms with Gasteiger partial charge in [-0.1, -0.05) is 25.3 Å². The van der Waals surface area contributed by atoms with Gasteiger partial charge in [-0.2, -0.15) is 0 Å². The van der Waals surface area contributed by atoms with E-state index in [1.165, 1.54) is 37.8 Å². The van der Waals surface area contributed by atoms with Crippen molar-refractivity contribution >= 4 is 5.65 Å². The lowest BCUT2D eigenvalue weighted by atomic mass is 9.87. The van der Waals surface area contributed by atoms with Crippen LogP contribution in [0.5, 0.6) is 0 Å². The van der Waals surface area contributed by atoms with Crippen LogP contribution in [-0.4, -0.2) is 9.38 Å². The number of aromatic nitrogens is 2. The topological polar surface area (TPSA) is 17.3 Å². The molecule has 0 atom stereocenters. The van der Waals surface area contributed by atoms with Crippen LogP contribution in [0.15, 0.2) is 30.6 Å². The van der Waals surface area contributed by atoms with Gasteiger partial charge in [0.1, 0.15) is 5.65 Å². The van der Waals surface area contributed by atoms with Gasteiger partial charge in [0.15, 0.2) is 0 Å². The number of rotatable bonds is 1. The van der Waals surface area contributed by atoms with Gasteiger partial charge >= 0.3 is 0 Å². The van der Waals surface area contributed by atoms with Gasteiger partial charge in [-0.25, -0.2) is 4.98 Å². The second kappa shape index (κ2) is 3.69. The fourth-order valence-electron chi connectivity index (χ4n) is 2.55. The summed E-state index contributed by atoms with van der Waals surface area (Å²) in [5.41, 5.74) is 2.37. The Balaban J connectivity index is 1.96. The van der Waals surface area contributed by atoms with Gasteiger partial charge in [0.25, 0.3) is 0 Å². The minimum atomic E-state index is 0.707. The zero-order valence-corrected chi connectivity index (χ0v) is 8.89. The van der Waals surface area contributed by atoms with E-state index in [4.69, 9.17) is 4.98 Å². The van der Waals surface area contributed by atoms with Gasteiger partial charge in [0, 0.05) is 18.3 Å². The molecule has 0 aromatic carbocycles. The molecule has 1 fully saturated rings. The highest BCUT2D eigenvalue weighted by molar-refractivity contribution is 5.40. The van der Waals surface area contributed by atoms with Crippen LogP contribution in [0, 0.1) is 0 Å². The third kappa shape index (κ3) is 1.65. The van der Waals surface area contributed by atoms with Gasteiger partial charge < -0.3 is 4.40 Å². The predicted molar refractivity (Wildman–Crippen MR) is 61.0 cm³/mol. The highest BCUT2D eigenvalue weighted by Gasteiger charge is 2.17. The molecular formula is C13H16N2. The first-order chi connectivity index (χ1) is 7.43. The summed E-state index contributed by atoms with van der Waals surface area (Å²) in [6, 6.07) is 6.18. The molecule has 0 spiro atoms. The Hall–Kier alpha value is -1.31. The van der Waals surface area contributed by atoms with Crippen molar-refractivity contribution in [3.05, 3.63) is 36.3 Å². The van der Waals surface area contributed by atoms with Gasteiger partial charge in [-0.3, -0.25) is 0 Å². The molecule has 1 aliphatic rings. The highest BCUT2D eigenvalue weighted by atomic mass is 15.0. The molecule has 15 heavy (non-hydrogen) atoms. The molecule has 2 aromatic heterocycles. The molecule has 3 rings (SSSR count). The fourth-order valence-corrected chi connectivity index (χ4v) is 2.55. The molecule has 0 bridgehead atoms. The molecule has 2 nitrogen and oxygen atoms in total. The number of hydrogen-bond donors (Lipinski definition) is 0. The maximum atomic E-state index is 4.70. The first-order valence-electron chi connectivity index (χ1n) is 5.87. The Labute approximate surface area is 90.0 Å². The quantitative estimate of drug-likeness (QED) is 0.689. The second-order valence-corrected chi connectivity index (χ2v) is 4.47. The van der Waals surface area contributed by atoms with Crippen LogP contribution in [-0.2, 0) is 0 Å². The first-order valence-corrected chi connectivity index (χ1v) is 5.87. The maximum absolute atomic E-state index is 4.70. The van der Waals surface area contributed by atoms with E-state index in [0.717, 1.165) is 5.65 Å². The Morgan fingerprint density at radius 1 is 1.13 bits per heavy atom. The monoisotopic (exact) mass is 200 g/mol. The van der Waals surface area contributed by atoms with Gasteiger partial charge in [0.05, 0.1) is 5.69 Å². The van der Waals surface area contributed by atoms with Gasteiger partial charge in [-0.05, 0) is 25.0 Å². The third-order valence-electron chi connectivity index (χ3n) is 3.41. The molecular weight excluding hydrogens is 184 g/mol. The summed E-state index contributed by atoms with van der Waals surface area (Å²) >= 11 is 0. The molecule has 2 heteroatoms. The van der Waals surface area contributed by atoms with Crippen LogP contribution in [0.4, 0.5) is 0 Å². The molecule has 0 saturated heterocycles. The van der Waals surface area contributed by atoms with Crippen LogP contribution in [0.2, 0.25) is 0 Å². The lowest BCUT2D eigenvalue weighted by Crippen LogP contribution is -2.04. The summed E-state index contributed by atoms with van der Waals surface area (Å²) in [6.07, 6.45) is 11.1. The smallest absolute Gasteiger partial charge is 0.136 e. The second-order valence-electron chi connectivity index (χ2n) is 4.47. The van der Waals surface area contributed by atoms with Gasteiger partial charge in [-0.15, -0.1) is 0 Å². The van der Waals surface area contributed by atoms with E-state index in [1.807, 2.05) is 6.07 Å². The normalized spacial score (nSPS) is 18.4. The molecule has 2 aromatic rings. The average molecular weight is 200 g/mol. The van der Waals surface area contributed by atoms with E-state index in [-0.39, 0.29) is 0 Å². The number of fused-ring (bicyclic) bond motifs is 1. The van der Waals surface area contributed by atoms with E-state index < -0.39 is 0 Å². The summed E-state index contributed by atoms with van der Waals surface area (Å²) in [4.78, 5) is 4.70. The zero-order chi connectivity index (χ0) is 10.1. The van der Waals surface area contributed by atoms with E-state index in [9.17, 15) is 0 Å². The largest absolute Gasteiger partial charge is 0.307 e. The van der Waals surface area contributed by atoms with Crippen LogP contribution >= 0.6 is 0 Å². The van der Waals surface area contributed by atoms with E-state index >= 15 is 0 Å². The lowest BCUT2D eigenvalue weighted by Gasteiger charge is -2.19. The molecule has 1 saturated carbocycles. The molecule has 1 aliphatic carbocycles. The fraction of sp³-hybridized carbons (Fsp3) is 0.462. The molecule has 0 aliphatic heterocycles. The van der Waals surface area contributed by atoms with E-state index in [2.05, 4.69) is 28.9 Å². The Bertz CT molecular complexity index is 419. The minimum Gasteiger partial charge on any atom is -0.307 e. The minimum absolute atomic E-state index is 0.707. The number of imidazole rings is 1. The molecule has 0 amide bonds. The predicted octanol–water partition coefficient (Wildman–Crippen LogP) is 3.38. The number of nitrogens with zero attached hydrogens (tertiary/aromatic N) is 2. The lowest BCUT2D eigenvalue weighted by molar-refractivity contribution is 0.438. The summed E-state index contributed by atoms with van der Waals surface area (Å²) in [7, 11) is 0. The Kier molecular flexibility index (Phi) is 2.20. The summed E-state index contributed by atoms with van der Waals surface area (Å²) in [5, 5.41) is 0. The molecule has 0 radical (unpaired) electrons. The zero-order valence-electron chi connectivity index (χ0n) is 8.89. The van der Waals surface area contributed by atoms with Crippen molar-refractivity contribution in [2.75, 3.05) is 0 Å². The van der Waals surface area contributed by atoms with Crippen LogP contribution in [0.25, 0.3) is 5.65 Å². The number of hydrogen-bond acceptors (Lipinski definition) is 1. The maximum Gasteiger partial charge on any atom is 0.136 e. The SMILES string of the molecule is c1ccn2cc(C3CCCCC3)nc2c1. The van der Waals surface area contributed by atoms with Crippen molar-refractivity contribution in [2.45, 2.75) is 38.0 Å². The van der Waals surface area contributed by atoms with Crippen molar-refractivity contribution in [2.24, 2.45) is 0 Å². The molecule has 78 valence electrons. The van der Waals surface area contributed by atoms with Crippen molar-refractivity contribution in [3.63, 3.8) is 0 Å². The van der Waals surface area contributed by atoms with Crippen LogP contribution in [0.3, 0.4) is 0 Å². The van der Waals surface area contributed by atoms with E-state index in [0.29, 0.717) is 5.92 Å². The Morgan fingerprint density at radius 2 is 2.00 bits per heavy atom. The standard InChI is InChI=1S/C13H16N2/c1-2-6-11(7-3-1)12-10-15-9-5-4-8-13(15)14-12/h4-5,8-11H,1-3,6-7H2. The summed E-state index contributed by atoms with van der Waals surface area (Å²) in [6.45, 7) is 0. The number of pyridine rings is 1. The van der Waals surface area contributed by atoms with Crippen molar-refractivity contribution in [3.8, 4) is 0 Å². The average Bonchev–Trinajstić information content (AvgIpc) is 2.74. The summed E-state index contributed by atoms with van der Waals surface area (Å²) in [5.74, 6) is 0.707. The van der Waals surface area contributed by atoms with Crippen LogP contribution in [0.1, 0.15) is 43.7 Å². The summed E-state index contributed by atoms with van der Waals surface area (Å²) < 4.78 is 2.13. The van der Waals surface area contributed by atoms with Gasteiger partial charge in [0.2, 0.25) is 0 Å². The third-order valence-corrected chi connectivity index (χ3v) is 3.41. The Morgan fingerprint density at radius 3 is 2.80 bits per heavy atom. The highest BCUT2D eigenvalue weighted by Crippen LogP contribution is 2.31. The van der Waals surface area contributed by atoms with Crippen molar-refractivity contribution in [1.82, 2.24) is 9.38 Å². The van der Waals surface area contributed by atoms with E-state index in [1.54, 1.807) is 0 Å². The first kappa shape index (κ1) is 8.96. The molecule has 0 N–H and O–H groups in total. The van der Waals surface area contributed by atoms with Crippen molar-refractivity contribution in [1.29, 1.82) is 0 Å². The van der Waals surface area contributed by atoms with Crippen molar-refractivity contribution < 1.29 is 0 Å². The molecule has 0 unspecified atom stereocenters. The van der Waals surface area contributed by atoms with Crippen LogP contribution < -0.4 is 0 Å².